The second-order valence-electron chi connectivity index (χ2n) is 4.88. The van der Waals surface area contributed by atoms with E-state index in [1.165, 1.54) is 12.1 Å². The molecule has 114 valence electrons. The molecule has 0 saturated heterocycles. The van der Waals surface area contributed by atoms with Gasteiger partial charge < -0.3 is 5.11 Å². The summed E-state index contributed by atoms with van der Waals surface area (Å²) in [5.41, 5.74) is 0.456. The first kappa shape index (κ1) is 16.6. The Kier molecular flexibility index (Phi) is 5.53. The van der Waals surface area contributed by atoms with Crippen LogP contribution in [0.25, 0.3) is 0 Å². The van der Waals surface area contributed by atoms with E-state index in [0.29, 0.717) is 18.0 Å². The number of hydrogen-bond acceptors (Lipinski definition) is 3. The van der Waals surface area contributed by atoms with E-state index in [1.807, 2.05) is 0 Å². The van der Waals surface area contributed by atoms with E-state index in [1.54, 1.807) is 0 Å². The van der Waals surface area contributed by atoms with Gasteiger partial charge in [-0.1, -0.05) is 41.5 Å². The zero-order valence-corrected chi connectivity index (χ0v) is 13.5. The molecule has 0 atom stereocenters. The largest absolute Gasteiger partial charge is 0.384 e. The zero-order chi connectivity index (χ0) is 15.5. The second-order valence-corrected chi connectivity index (χ2v) is 7.40. The number of rotatable bonds is 4. The van der Waals surface area contributed by atoms with E-state index in [2.05, 4.69) is 16.6 Å². The average molecular weight is 348 g/mol. The summed E-state index contributed by atoms with van der Waals surface area (Å²) in [7, 11) is -3.74. The van der Waals surface area contributed by atoms with E-state index >= 15 is 0 Å². The molecule has 0 spiro atoms. The number of nitrogens with one attached hydrogen (secondary N) is 1. The van der Waals surface area contributed by atoms with Crippen LogP contribution >= 0.6 is 23.2 Å². The van der Waals surface area contributed by atoms with Gasteiger partial charge in [0.1, 0.15) is 11.5 Å². The summed E-state index contributed by atoms with van der Waals surface area (Å²) in [4.78, 5) is -0.125. The molecular formula is C14H15Cl2NO3S. The Balaban J connectivity index is 2.25. The number of aliphatic hydroxyl groups is 1. The molecule has 0 unspecified atom stereocenters. The standard InChI is InChI=1S/C14H15Cl2NO3S/c15-12-7-11(5-2-6-18)8-13(16)14(12)21(19,20)17-9-10-3-1-4-10/h7-8,10,17-18H,1,3-4,6,9H2. The highest BCUT2D eigenvalue weighted by molar-refractivity contribution is 7.89. The van der Waals surface area contributed by atoms with E-state index < -0.39 is 10.0 Å². The van der Waals surface area contributed by atoms with E-state index in [-0.39, 0.29) is 21.5 Å². The van der Waals surface area contributed by atoms with Crippen LogP contribution in [0, 0.1) is 17.8 Å². The molecule has 2 N–H and O–H groups in total. The van der Waals surface area contributed by atoms with Gasteiger partial charge in [-0.15, -0.1) is 0 Å². The van der Waals surface area contributed by atoms with Crippen LogP contribution in [-0.2, 0) is 10.0 Å². The van der Waals surface area contributed by atoms with Crippen LogP contribution in [0.3, 0.4) is 0 Å². The lowest BCUT2D eigenvalue weighted by Crippen LogP contribution is -2.32. The summed E-state index contributed by atoms with van der Waals surface area (Å²) in [6, 6.07) is 2.85. The van der Waals surface area contributed by atoms with Crippen molar-refractivity contribution < 1.29 is 13.5 Å². The summed E-state index contributed by atoms with van der Waals surface area (Å²) in [6.07, 6.45) is 3.23. The predicted molar refractivity (Wildman–Crippen MR) is 83.0 cm³/mol. The van der Waals surface area contributed by atoms with Crippen LogP contribution in [0.2, 0.25) is 10.0 Å². The third-order valence-electron chi connectivity index (χ3n) is 3.37. The van der Waals surface area contributed by atoms with Gasteiger partial charge in [0.15, 0.2) is 0 Å². The molecule has 7 heteroatoms. The Bertz CT molecular complexity index is 665. The van der Waals surface area contributed by atoms with E-state index in [0.717, 1.165) is 19.3 Å². The molecule has 0 aliphatic heterocycles. The SMILES string of the molecule is O=S(=O)(NCC1CCC1)c1c(Cl)cc(C#CCO)cc1Cl. The van der Waals surface area contributed by atoms with Crippen LogP contribution in [0.4, 0.5) is 0 Å². The Morgan fingerprint density at radius 2 is 1.90 bits per heavy atom. The average Bonchev–Trinajstić information content (AvgIpc) is 2.33. The highest BCUT2D eigenvalue weighted by Crippen LogP contribution is 2.31. The van der Waals surface area contributed by atoms with Crippen molar-refractivity contribution in [2.75, 3.05) is 13.2 Å². The summed E-state index contributed by atoms with van der Waals surface area (Å²) in [5, 5.41) is 8.69. The van der Waals surface area contributed by atoms with Crippen molar-refractivity contribution in [2.45, 2.75) is 24.2 Å². The molecular weight excluding hydrogens is 333 g/mol. The Hall–Kier alpha value is -0.770. The van der Waals surface area contributed by atoms with Gasteiger partial charge in [0, 0.05) is 12.1 Å². The molecule has 1 aromatic rings. The molecule has 0 amide bonds. The zero-order valence-electron chi connectivity index (χ0n) is 11.2. The van der Waals surface area contributed by atoms with Gasteiger partial charge >= 0.3 is 0 Å². The molecule has 1 saturated carbocycles. The minimum Gasteiger partial charge on any atom is -0.384 e. The Labute approximate surface area is 134 Å². The van der Waals surface area contributed by atoms with Crippen molar-refractivity contribution in [3.63, 3.8) is 0 Å². The molecule has 1 fully saturated rings. The van der Waals surface area contributed by atoms with Gasteiger partial charge in [-0.25, -0.2) is 13.1 Å². The fourth-order valence-electron chi connectivity index (χ4n) is 2.03. The van der Waals surface area contributed by atoms with Crippen LogP contribution < -0.4 is 4.72 Å². The van der Waals surface area contributed by atoms with Gasteiger partial charge in [-0.05, 0) is 30.9 Å². The van der Waals surface area contributed by atoms with Gasteiger partial charge in [-0.2, -0.15) is 0 Å². The molecule has 1 aliphatic carbocycles. The lowest BCUT2D eigenvalue weighted by molar-refractivity contribution is 0.316. The molecule has 1 aromatic carbocycles. The number of sulfonamides is 1. The minimum absolute atomic E-state index is 0.0193. The Morgan fingerprint density at radius 3 is 2.38 bits per heavy atom. The first-order valence-electron chi connectivity index (χ1n) is 6.52. The molecule has 4 nitrogen and oxygen atoms in total. The van der Waals surface area contributed by atoms with Gasteiger partial charge in [0.25, 0.3) is 0 Å². The maximum atomic E-state index is 12.3. The topological polar surface area (TPSA) is 66.4 Å². The third kappa shape index (κ3) is 4.12. The number of halogens is 2. The van der Waals surface area contributed by atoms with E-state index in [4.69, 9.17) is 28.3 Å². The van der Waals surface area contributed by atoms with Crippen molar-refractivity contribution >= 4 is 33.2 Å². The first-order chi connectivity index (χ1) is 9.94. The fraction of sp³-hybridized carbons (Fsp3) is 0.429. The van der Waals surface area contributed by atoms with Crippen LogP contribution in [-0.4, -0.2) is 26.7 Å². The number of aliphatic hydroxyl groups excluding tert-OH is 1. The smallest absolute Gasteiger partial charge is 0.243 e. The summed E-state index contributed by atoms with van der Waals surface area (Å²) in [5.74, 6) is 5.49. The third-order valence-corrected chi connectivity index (χ3v) is 5.71. The van der Waals surface area contributed by atoms with Crippen LogP contribution in [0.15, 0.2) is 17.0 Å². The minimum atomic E-state index is -3.74. The molecule has 0 radical (unpaired) electrons. The molecule has 1 aliphatic rings. The molecule has 0 bridgehead atoms. The number of hydrogen-bond donors (Lipinski definition) is 2. The Morgan fingerprint density at radius 1 is 1.29 bits per heavy atom. The molecule has 2 rings (SSSR count). The quantitative estimate of drug-likeness (QED) is 0.822. The highest BCUT2D eigenvalue weighted by Gasteiger charge is 2.25. The van der Waals surface area contributed by atoms with Gasteiger partial charge in [-0.3, -0.25) is 0 Å². The molecule has 0 heterocycles. The first-order valence-corrected chi connectivity index (χ1v) is 8.76. The summed E-state index contributed by atoms with van der Waals surface area (Å²) < 4.78 is 27.1. The van der Waals surface area contributed by atoms with Gasteiger partial charge in [0.2, 0.25) is 10.0 Å². The summed E-state index contributed by atoms with van der Waals surface area (Å²) in [6.45, 7) is 0.110. The lowest BCUT2D eigenvalue weighted by atomic mass is 9.86. The highest BCUT2D eigenvalue weighted by atomic mass is 35.5. The maximum absolute atomic E-state index is 12.3. The van der Waals surface area contributed by atoms with E-state index in [9.17, 15) is 8.42 Å². The molecule has 0 aromatic heterocycles. The van der Waals surface area contributed by atoms with Crippen LogP contribution in [0.5, 0.6) is 0 Å². The maximum Gasteiger partial charge on any atom is 0.243 e. The monoisotopic (exact) mass is 347 g/mol. The van der Waals surface area contributed by atoms with Gasteiger partial charge in [0.05, 0.1) is 10.0 Å². The molecule has 21 heavy (non-hydrogen) atoms. The predicted octanol–water partition coefficient (Wildman–Crippen LogP) is 2.42. The van der Waals surface area contributed by atoms with Crippen molar-refractivity contribution in [3.05, 3.63) is 27.7 Å². The fourth-order valence-corrected chi connectivity index (χ4v) is 4.35. The second kappa shape index (κ2) is 6.99. The van der Waals surface area contributed by atoms with Crippen molar-refractivity contribution in [1.82, 2.24) is 4.72 Å². The number of benzene rings is 1. The lowest BCUT2D eigenvalue weighted by Gasteiger charge is -2.25. The normalized spacial score (nSPS) is 15.2. The van der Waals surface area contributed by atoms with Crippen molar-refractivity contribution in [1.29, 1.82) is 0 Å². The van der Waals surface area contributed by atoms with Crippen molar-refractivity contribution in [2.24, 2.45) is 5.92 Å². The summed E-state index contributed by atoms with van der Waals surface area (Å²) >= 11 is 12.1. The van der Waals surface area contributed by atoms with Crippen molar-refractivity contribution in [3.8, 4) is 11.8 Å². The van der Waals surface area contributed by atoms with Crippen LogP contribution in [0.1, 0.15) is 24.8 Å².